The van der Waals surface area contributed by atoms with Gasteiger partial charge in [0.25, 0.3) is 5.69 Å². The van der Waals surface area contributed by atoms with Gasteiger partial charge in [0, 0.05) is 50.5 Å². The Labute approximate surface area is 250 Å². The van der Waals surface area contributed by atoms with Gasteiger partial charge in [0.15, 0.2) is 17.3 Å². The number of hydrogen-bond donors (Lipinski definition) is 0. The van der Waals surface area contributed by atoms with Crippen LogP contribution in [-0.4, -0.2) is 34.4 Å². The summed E-state index contributed by atoms with van der Waals surface area (Å²) < 4.78 is 0. The third kappa shape index (κ3) is 3.50. The maximum atomic E-state index is 14.7. The molecule has 1 aliphatic carbocycles. The van der Waals surface area contributed by atoms with Gasteiger partial charge >= 0.3 is 0 Å². The van der Waals surface area contributed by atoms with Crippen LogP contribution in [0.2, 0.25) is 10.0 Å². The molecule has 0 bridgehead atoms. The number of nitro groups is 1. The van der Waals surface area contributed by atoms with E-state index in [1.165, 1.54) is 30.3 Å². The highest BCUT2D eigenvalue weighted by Crippen LogP contribution is 2.61. The van der Waals surface area contributed by atoms with E-state index in [1.54, 1.807) is 36.4 Å². The summed E-state index contributed by atoms with van der Waals surface area (Å²) in [5.74, 6) is -2.17. The molecule has 206 valence electrons. The van der Waals surface area contributed by atoms with Crippen LogP contribution in [0.1, 0.15) is 48.1 Å². The SMILES string of the molecule is O=C(c1ccc([N+](=O)[O-])cc1)[C@@H]1[C@@H](c2ccc(Cl)cc2Cl)C2(C(=O)c3ccccc3C2=O)C2C=Cc3ccccc3N21. The Bertz CT molecular complexity index is 1850. The molecule has 2 heterocycles. The number of hydrogen-bond acceptors (Lipinski definition) is 6. The molecule has 0 saturated carbocycles. The molecular weight excluding hydrogens is 575 g/mol. The van der Waals surface area contributed by atoms with E-state index in [-0.39, 0.29) is 27.8 Å². The number of ketones is 3. The fourth-order valence-corrected chi connectivity index (χ4v) is 7.46. The Morgan fingerprint density at radius 1 is 0.857 bits per heavy atom. The molecule has 0 N–H and O–H groups in total. The smallest absolute Gasteiger partial charge is 0.269 e. The molecule has 42 heavy (non-hydrogen) atoms. The summed E-state index contributed by atoms with van der Waals surface area (Å²) in [5.41, 5.74) is 0.883. The molecule has 1 fully saturated rings. The lowest BCUT2D eigenvalue weighted by atomic mass is 9.64. The second-order valence-electron chi connectivity index (χ2n) is 10.6. The van der Waals surface area contributed by atoms with Crippen LogP contribution in [0.4, 0.5) is 11.4 Å². The lowest BCUT2D eigenvalue weighted by Gasteiger charge is -2.37. The number of rotatable bonds is 4. The molecule has 0 aromatic heterocycles. The number of carbonyl (C=O) groups is 3. The van der Waals surface area contributed by atoms with Crippen LogP contribution in [-0.2, 0) is 0 Å². The third-order valence-corrected chi connectivity index (χ3v) is 9.20. The average molecular weight is 595 g/mol. The summed E-state index contributed by atoms with van der Waals surface area (Å²) in [6.07, 6.45) is 3.70. The molecule has 9 heteroatoms. The van der Waals surface area contributed by atoms with Crippen molar-refractivity contribution in [3.8, 4) is 0 Å². The minimum absolute atomic E-state index is 0.160. The molecule has 0 radical (unpaired) electrons. The predicted octanol–water partition coefficient (Wildman–Crippen LogP) is 7.22. The van der Waals surface area contributed by atoms with Crippen LogP contribution < -0.4 is 4.90 Å². The van der Waals surface area contributed by atoms with Gasteiger partial charge in [-0.25, -0.2) is 0 Å². The largest absolute Gasteiger partial charge is 0.352 e. The fourth-order valence-electron chi connectivity index (χ4n) is 6.93. The van der Waals surface area contributed by atoms with Gasteiger partial charge in [-0.05, 0) is 41.5 Å². The molecule has 1 spiro atoms. The number of non-ortho nitro benzene ring substituents is 1. The van der Waals surface area contributed by atoms with Gasteiger partial charge in [0.1, 0.15) is 11.5 Å². The Morgan fingerprint density at radius 2 is 1.50 bits per heavy atom. The first kappa shape index (κ1) is 26.3. The first-order valence-electron chi connectivity index (χ1n) is 13.2. The second-order valence-corrected chi connectivity index (χ2v) is 11.4. The van der Waals surface area contributed by atoms with E-state index in [9.17, 15) is 24.5 Å². The Morgan fingerprint density at radius 3 is 2.14 bits per heavy atom. The molecule has 1 unspecified atom stereocenters. The number of carbonyl (C=O) groups excluding carboxylic acids is 3. The number of halogens is 2. The molecule has 7 nitrogen and oxygen atoms in total. The highest BCUT2D eigenvalue weighted by Gasteiger charge is 2.71. The zero-order valence-corrected chi connectivity index (χ0v) is 23.3. The van der Waals surface area contributed by atoms with Gasteiger partial charge in [-0.15, -0.1) is 0 Å². The van der Waals surface area contributed by atoms with E-state index in [2.05, 4.69) is 0 Å². The van der Waals surface area contributed by atoms with E-state index in [4.69, 9.17) is 23.2 Å². The van der Waals surface area contributed by atoms with Crippen LogP contribution in [0.15, 0.2) is 97.1 Å². The normalized spacial score (nSPS) is 21.3. The summed E-state index contributed by atoms with van der Waals surface area (Å²) in [6.45, 7) is 0. The van der Waals surface area contributed by atoms with Crippen molar-refractivity contribution in [1.82, 2.24) is 0 Å². The number of nitrogens with zero attached hydrogens (tertiary/aromatic N) is 2. The molecule has 1 saturated heterocycles. The lowest BCUT2D eigenvalue weighted by molar-refractivity contribution is -0.384. The zero-order chi connectivity index (χ0) is 29.3. The summed E-state index contributed by atoms with van der Waals surface area (Å²) in [7, 11) is 0. The van der Waals surface area contributed by atoms with Crippen molar-refractivity contribution in [1.29, 1.82) is 0 Å². The monoisotopic (exact) mass is 594 g/mol. The Balaban J connectivity index is 1.54. The zero-order valence-electron chi connectivity index (χ0n) is 21.7. The van der Waals surface area contributed by atoms with Crippen LogP contribution >= 0.6 is 23.2 Å². The van der Waals surface area contributed by atoms with Crippen molar-refractivity contribution in [3.63, 3.8) is 0 Å². The van der Waals surface area contributed by atoms with Crippen molar-refractivity contribution >= 4 is 58.0 Å². The van der Waals surface area contributed by atoms with Gasteiger partial charge in [0.2, 0.25) is 0 Å². The van der Waals surface area contributed by atoms with Crippen LogP contribution in [0.3, 0.4) is 0 Å². The first-order valence-corrected chi connectivity index (χ1v) is 14.0. The summed E-state index contributed by atoms with van der Waals surface area (Å²) in [6, 6.07) is 22.5. The van der Waals surface area contributed by atoms with Crippen molar-refractivity contribution in [2.24, 2.45) is 5.41 Å². The lowest BCUT2D eigenvalue weighted by Crippen LogP contribution is -2.48. The van der Waals surface area contributed by atoms with Crippen molar-refractivity contribution < 1.29 is 19.3 Å². The standard InChI is InChI=1S/C33H20Cl2N2O5/c34-20-12-15-24(25(35)17-20)28-29(30(38)19-9-13-21(14-10-19)37(41)42)36-26-8-4-1-5-18(26)11-16-27(36)33(28)31(39)22-6-2-3-7-23(22)32(33)40/h1-17,27-29H/t27?,28-,29+/m1/s1. The molecule has 4 aromatic carbocycles. The van der Waals surface area contributed by atoms with Gasteiger partial charge in [-0.2, -0.15) is 0 Å². The number of nitro benzene ring substituents is 1. The van der Waals surface area contributed by atoms with E-state index >= 15 is 0 Å². The molecular formula is C33H20Cl2N2O5. The number of para-hydroxylation sites is 1. The number of fused-ring (bicyclic) bond motifs is 5. The number of Topliss-reactive ketones (excluding diaryl/α,β-unsaturated/α-hetero) is 3. The predicted molar refractivity (Wildman–Crippen MR) is 160 cm³/mol. The average Bonchev–Trinajstić information content (AvgIpc) is 3.43. The van der Waals surface area contributed by atoms with E-state index < -0.39 is 34.1 Å². The maximum Gasteiger partial charge on any atom is 0.269 e. The van der Waals surface area contributed by atoms with Gasteiger partial charge in [0.05, 0.1) is 11.0 Å². The Hall–Kier alpha value is -4.59. The molecule has 7 rings (SSSR count). The summed E-state index contributed by atoms with van der Waals surface area (Å²) >= 11 is 13.1. The highest BCUT2D eigenvalue weighted by atomic mass is 35.5. The second kappa shape index (κ2) is 9.48. The highest BCUT2D eigenvalue weighted by molar-refractivity contribution is 6.36. The van der Waals surface area contributed by atoms with E-state index in [0.717, 1.165) is 5.56 Å². The first-order chi connectivity index (χ1) is 20.2. The molecule has 0 amide bonds. The van der Waals surface area contributed by atoms with E-state index in [1.807, 2.05) is 41.3 Å². The van der Waals surface area contributed by atoms with Gasteiger partial charge < -0.3 is 4.90 Å². The van der Waals surface area contributed by atoms with Gasteiger partial charge in [-0.1, -0.05) is 83.9 Å². The number of benzene rings is 4. The summed E-state index contributed by atoms with van der Waals surface area (Å²) in [5, 5.41) is 11.9. The topological polar surface area (TPSA) is 97.6 Å². The van der Waals surface area contributed by atoms with Gasteiger partial charge in [-0.3, -0.25) is 24.5 Å². The third-order valence-electron chi connectivity index (χ3n) is 8.64. The quantitative estimate of drug-likeness (QED) is 0.107. The van der Waals surface area contributed by atoms with Crippen molar-refractivity contribution in [2.75, 3.05) is 4.90 Å². The fraction of sp³-hybridized carbons (Fsp3) is 0.121. The minimum atomic E-state index is -1.72. The van der Waals surface area contributed by atoms with Crippen LogP contribution in [0.5, 0.6) is 0 Å². The van der Waals surface area contributed by atoms with Crippen molar-refractivity contribution in [2.45, 2.75) is 18.0 Å². The number of anilines is 1. The van der Waals surface area contributed by atoms with Crippen LogP contribution in [0.25, 0.3) is 6.08 Å². The van der Waals surface area contributed by atoms with Crippen molar-refractivity contribution in [3.05, 3.63) is 145 Å². The van der Waals surface area contributed by atoms with E-state index in [0.29, 0.717) is 27.4 Å². The minimum Gasteiger partial charge on any atom is -0.352 e. The molecule has 3 aliphatic rings. The molecule has 4 aromatic rings. The van der Waals surface area contributed by atoms with Crippen LogP contribution in [0, 0.1) is 15.5 Å². The molecule has 3 atom stereocenters. The Kier molecular flexibility index (Phi) is 5.94. The maximum absolute atomic E-state index is 14.7. The molecule has 2 aliphatic heterocycles. The summed E-state index contributed by atoms with van der Waals surface area (Å²) in [4.78, 5) is 56.6.